The molecule has 0 aliphatic heterocycles. The van der Waals surface area contributed by atoms with Crippen molar-refractivity contribution in [2.75, 3.05) is 6.61 Å². The summed E-state index contributed by atoms with van der Waals surface area (Å²) >= 11 is 9.43. The summed E-state index contributed by atoms with van der Waals surface area (Å²) in [6.45, 7) is 6.70. The molecule has 0 fully saturated rings. The van der Waals surface area contributed by atoms with Crippen molar-refractivity contribution in [3.63, 3.8) is 0 Å². The van der Waals surface area contributed by atoms with E-state index >= 15 is 0 Å². The molecule has 0 bridgehead atoms. The fraction of sp³-hybridized carbons (Fsp3) is 0.636. The molecule has 0 aliphatic carbocycles. The van der Waals surface area contributed by atoms with Gasteiger partial charge in [-0.2, -0.15) is 0 Å². The van der Waals surface area contributed by atoms with Crippen LogP contribution in [-0.4, -0.2) is 16.6 Å². The quantitative estimate of drug-likeness (QED) is 0.773. The Balaban J connectivity index is 3.08. The molecule has 16 heavy (non-hydrogen) atoms. The molecule has 0 amide bonds. The number of ether oxygens (including phenoxy) is 1. The Morgan fingerprint density at radius 3 is 2.50 bits per heavy atom. The Hall–Kier alpha value is -0.190. The molecule has 1 unspecified atom stereocenters. The standard InChI is InChI=1S/C11H16BrClN2O/c1-4-7-9(12)10(13)15-11(14-7)8(5-2)16-6-3/h8H,4-6H2,1-3H3. The van der Waals surface area contributed by atoms with Gasteiger partial charge in [0.2, 0.25) is 0 Å². The van der Waals surface area contributed by atoms with Crippen LogP contribution in [0.1, 0.15) is 44.8 Å². The van der Waals surface area contributed by atoms with Crippen molar-refractivity contribution in [3.8, 4) is 0 Å². The first-order chi connectivity index (χ1) is 7.63. The Labute approximate surface area is 110 Å². The van der Waals surface area contributed by atoms with Crippen molar-refractivity contribution in [1.29, 1.82) is 0 Å². The normalized spacial score (nSPS) is 12.8. The molecule has 5 heteroatoms. The molecule has 0 spiro atoms. The summed E-state index contributed by atoms with van der Waals surface area (Å²) in [5.74, 6) is 0.675. The highest BCUT2D eigenvalue weighted by atomic mass is 79.9. The van der Waals surface area contributed by atoms with Gasteiger partial charge < -0.3 is 4.74 Å². The number of aryl methyl sites for hydroxylation is 1. The van der Waals surface area contributed by atoms with Gasteiger partial charge in [-0.15, -0.1) is 0 Å². The van der Waals surface area contributed by atoms with E-state index in [2.05, 4.69) is 25.9 Å². The second kappa shape index (κ2) is 6.52. The molecular weight excluding hydrogens is 291 g/mol. The Bertz CT molecular complexity index is 360. The van der Waals surface area contributed by atoms with Gasteiger partial charge in [-0.05, 0) is 35.7 Å². The lowest BCUT2D eigenvalue weighted by Gasteiger charge is -2.15. The Morgan fingerprint density at radius 2 is 2.00 bits per heavy atom. The summed E-state index contributed by atoms with van der Waals surface area (Å²) < 4.78 is 6.36. The molecule has 90 valence electrons. The molecule has 1 aromatic rings. The third kappa shape index (κ3) is 3.15. The van der Waals surface area contributed by atoms with Crippen molar-refractivity contribution in [1.82, 2.24) is 9.97 Å². The van der Waals surface area contributed by atoms with Crippen LogP contribution >= 0.6 is 27.5 Å². The van der Waals surface area contributed by atoms with E-state index in [0.717, 1.165) is 23.0 Å². The lowest BCUT2D eigenvalue weighted by atomic mass is 10.2. The van der Waals surface area contributed by atoms with E-state index < -0.39 is 0 Å². The molecule has 1 heterocycles. The van der Waals surface area contributed by atoms with Gasteiger partial charge in [-0.3, -0.25) is 0 Å². The molecular formula is C11H16BrClN2O. The third-order valence-electron chi connectivity index (χ3n) is 2.26. The van der Waals surface area contributed by atoms with Gasteiger partial charge in [-0.25, -0.2) is 9.97 Å². The highest BCUT2D eigenvalue weighted by Crippen LogP contribution is 2.27. The summed E-state index contributed by atoms with van der Waals surface area (Å²) in [5.41, 5.74) is 0.924. The monoisotopic (exact) mass is 306 g/mol. The van der Waals surface area contributed by atoms with Crippen LogP contribution in [0.2, 0.25) is 5.15 Å². The van der Waals surface area contributed by atoms with E-state index in [0.29, 0.717) is 17.6 Å². The van der Waals surface area contributed by atoms with Gasteiger partial charge in [0.05, 0.1) is 10.2 Å². The fourth-order valence-electron chi connectivity index (χ4n) is 1.44. The number of hydrogen-bond donors (Lipinski definition) is 0. The van der Waals surface area contributed by atoms with Crippen LogP contribution in [0.4, 0.5) is 0 Å². The molecule has 0 N–H and O–H groups in total. The minimum atomic E-state index is -0.0686. The van der Waals surface area contributed by atoms with E-state index in [9.17, 15) is 0 Å². The van der Waals surface area contributed by atoms with E-state index in [4.69, 9.17) is 16.3 Å². The number of nitrogens with zero attached hydrogens (tertiary/aromatic N) is 2. The number of rotatable bonds is 5. The molecule has 1 atom stereocenters. The first kappa shape index (κ1) is 13.9. The number of aromatic nitrogens is 2. The summed E-state index contributed by atoms with van der Waals surface area (Å²) in [6.07, 6.45) is 1.59. The zero-order valence-electron chi connectivity index (χ0n) is 9.76. The van der Waals surface area contributed by atoms with E-state index in [1.165, 1.54) is 0 Å². The highest BCUT2D eigenvalue weighted by molar-refractivity contribution is 9.10. The average molecular weight is 308 g/mol. The maximum Gasteiger partial charge on any atom is 0.159 e. The maximum atomic E-state index is 6.05. The SMILES string of the molecule is CCOC(CC)c1nc(Cl)c(Br)c(CC)n1. The Kier molecular flexibility index (Phi) is 5.66. The Morgan fingerprint density at radius 1 is 1.31 bits per heavy atom. The van der Waals surface area contributed by atoms with Gasteiger partial charge >= 0.3 is 0 Å². The zero-order valence-corrected chi connectivity index (χ0v) is 12.1. The number of hydrogen-bond acceptors (Lipinski definition) is 3. The summed E-state index contributed by atoms with van der Waals surface area (Å²) in [5, 5.41) is 0.458. The molecule has 0 saturated heterocycles. The molecule has 0 radical (unpaired) electrons. The average Bonchev–Trinajstić information content (AvgIpc) is 2.29. The second-order valence-corrected chi connectivity index (χ2v) is 4.49. The minimum absolute atomic E-state index is 0.0686. The summed E-state index contributed by atoms with van der Waals surface area (Å²) in [7, 11) is 0. The lowest BCUT2D eigenvalue weighted by Crippen LogP contribution is -2.10. The molecule has 0 aromatic carbocycles. The molecule has 0 aliphatic rings. The minimum Gasteiger partial charge on any atom is -0.371 e. The van der Waals surface area contributed by atoms with E-state index in [1.807, 2.05) is 20.8 Å². The molecule has 3 nitrogen and oxygen atoms in total. The van der Waals surface area contributed by atoms with Crippen molar-refractivity contribution >= 4 is 27.5 Å². The largest absolute Gasteiger partial charge is 0.371 e. The third-order valence-corrected chi connectivity index (χ3v) is 3.59. The van der Waals surface area contributed by atoms with Gasteiger partial charge in [0, 0.05) is 6.61 Å². The maximum absolute atomic E-state index is 6.05. The van der Waals surface area contributed by atoms with Crippen LogP contribution in [0.3, 0.4) is 0 Å². The van der Waals surface area contributed by atoms with Crippen molar-refractivity contribution in [3.05, 3.63) is 21.1 Å². The smallest absolute Gasteiger partial charge is 0.159 e. The van der Waals surface area contributed by atoms with Crippen LogP contribution in [0.25, 0.3) is 0 Å². The summed E-state index contributed by atoms with van der Waals surface area (Å²) in [4.78, 5) is 8.73. The predicted molar refractivity (Wildman–Crippen MR) is 68.8 cm³/mol. The van der Waals surface area contributed by atoms with E-state index in [-0.39, 0.29) is 6.10 Å². The van der Waals surface area contributed by atoms with Crippen molar-refractivity contribution in [2.45, 2.75) is 39.7 Å². The van der Waals surface area contributed by atoms with Crippen LogP contribution in [-0.2, 0) is 11.2 Å². The van der Waals surface area contributed by atoms with E-state index in [1.54, 1.807) is 0 Å². The van der Waals surface area contributed by atoms with Crippen LogP contribution in [0.5, 0.6) is 0 Å². The van der Waals surface area contributed by atoms with Crippen LogP contribution in [0.15, 0.2) is 4.47 Å². The highest BCUT2D eigenvalue weighted by Gasteiger charge is 2.16. The van der Waals surface area contributed by atoms with Crippen molar-refractivity contribution < 1.29 is 4.74 Å². The predicted octanol–water partition coefficient (Wildman–Crippen LogP) is 3.94. The van der Waals surface area contributed by atoms with Gasteiger partial charge in [0.25, 0.3) is 0 Å². The van der Waals surface area contributed by atoms with Gasteiger partial charge in [0.1, 0.15) is 11.3 Å². The zero-order chi connectivity index (χ0) is 12.1. The summed E-state index contributed by atoms with van der Waals surface area (Å²) in [6, 6.07) is 0. The molecule has 0 saturated carbocycles. The first-order valence-electron chi connectivity index (χ1n) is 5.47. The molecule has 1 rings (SSSR count). The topological polar surface area (TPSA) is 35.0 Å². The van der Waals surface area contributed by atoms with Gasteiger partial charge in [0.15, 0.2) is 5.82 Å². The fourth-order valence-corrected chi connectivity index (χ4v) is 2.09. The lowest BCUT2D eigenvalue weighted by molar-refractivity contribution is 0.0533. The second-order valence-electron chi connectivity index (χ2n) is 3.34. The van der Waals surface area contributed by atoms with Crippen LogP contribution in [0, 0.1) is 0 Å². The molecule has 1 aromatic heterocycles. The first-order valence-corrected chi connectivity index (χ1v) is 6.64. The number of halogens is 2. The van der Waals surface area contributed by atoms with Crippen molar-refractivity contribution in [2.24, 2.45) is 0 Å². The van der Waals surface area contributed by atoms with Gasteiger partial charge in [-0.1, -0.05) is 25.4 Å². The van der Waals surface area contributed by atoms with Crippen LogP contribution < -0.4 is 0 Å².